The highest BCUT2D eigenvalue weighted by molar-refractivity contribution is 6.01. The number of rotatable bonds is 53. The van der Waals surface area contributed by atoms with Crippen LogP contribution >= 0.6 is 0 Å². The van der Waals surface area contributed by atoms with Gasteiger partial charge in [-0.3, -0.25) is 82.1 Å². The fraction of sp³-hybridized carbons (Fsp3) is 0.541. The molecule has 1 aliphatic rings. The molecule has 2 aromatic carbocycles. The fourth-order valence-electron chi connectivity index (χ4n) is 14.3. The van der Waals surface area contributed by atoms with E-state index in [9.17, 15) is 68.1 Å². The SMILES string of the molecule is CC[C@H](C)[C@H](NC(=O)[C@H](Cc1ccc(O)cc1)NC(=O)[C@@H](NC(=O)[C@H](CCCNC(=N)N)NC(=O)[C@H](CC(=O)O)NC(C)=O)C(C)C)C(=O)N[C@@H](Cc1cnc[nH]1)C(=O)N1CCC[C@H]1C(=O)N[C@@H](Cc1ccccc1)C(=O)N[C@@H](Cc1cnc[nH]1)C(=O)N[C@@H](CC(C)C)C(=O)N[C@H](C(=O)N[C@H](C(=O)N[C@@H](Cc1cnc[nH]1)C(=O)N[C@@H](CC(N)=O)C(=O)O)[C@@H](C)CC)C(C)C. The first-order chi connectivity index (χ1) is 61.1. The average Bonchev–Trinajstić information content (AvgIpc) is 1.73. The van der Waals surface area contributed by atoms with Crippen molar-refractivity contribution in [1.82, 2.24) is 109 Å². The van der Waals surface area contributed by atoms with E-state index >= 15 is 28.8 Å². The van der Waals surface area contributed by atoms with Crippen LogP contribution < -0.4 is 85.9 Å². The first-order valence-electron chi connectivity index (χ1n) is 42.8. The molecule has 704 valence electrons. The zero-order chi connectivity index (χ0) is 95.5. The van der Waals surface area contributed by atoms with Crippen LogP contribution in [0.15, 0.2) is 92.2 Å². The first kappa shape index (κ1) is 104. The molecule has 3 aromatic heterocycles. The van der Waals surface area contributed by atoms with Crippen LogP contribution in [0, 0.1) is 35.0 Å². The molecule has 16 atom stereocenters. The number of benzene rings is 2. The summed E-state index contributed by atoms with van der Waals surface area (Å²) in [5.74, 6) is -20.0. The predicted molar refractivity (Wildman–Crippen MR) is 465 cm³/mol. The van der Waals surface area contributed by atoms with Crippen LogP contribution in [0.5, 0.6) is 5.75 Å². The maximum atomic E-state index is 15.4. The van der Waals surface area contributed by atoms with Gasteiger partial charge in [0.05, 0.1) is 31.8 Å². The third kappa shape index (κ3) is 33.8. The number of hydrogen-bond acceptors (Lipinski definition) is 22. The van der Waals surface area contributed by atoms with Gasteiger partial charge in [-0.25, -0.2) is 19.7 Å². The average molecular weight is 1800 g/mol. The highest BCUT2D eigenvalue weighted by Crippen LogP contribution is 2.23. The second-order valence-electron chi connectivity index (χ2n) is 33.3. The highest BCUT2D eigenvalue weighted by atomic mass is 16.4. The van der Waals surface area contributed by atoms with E-state index in [0.29, 0.717) is 34.6 Å². The minimum atomic E-state index is -1.76. The summed E-state index contributed by atoms with van der Waals surface area (Å²) in [5, 5.41) is 74.0. The van der Waals surface area contributed by atoms with Crippen LogP contribution in [0.2, 0.25) is 0 Å². The van der Waals surface area contributed by atoms with E-state index in [2.05, 4.69) is 104 Å². The monoisotopic (exact) mass is 1800 g/mol. The van der Waals surface area contributed by atoms with Gasteiger partial charge in [-0.05, 0) is 85.0 Å². The number of nitrogens with two attached hydrogens (primary N) is 2. The Labute approximate surface area is 745 Å². The Balaban J connectivity index is 1.24. The minimum absolute atomic E-state index is 0.0255. The van der Waals surface area contributed by atoms with Crippen molar-refractivity contribution in [1.29, 1.82) is 5.41 Å². The number of phenolic OH excluding ortho intramolecular Hbond substituents is 1. The summed E-state index contributed by atoms with van der Waals surface area (Å²) in [6, 6.07) is -6.59. The largest absolute Gasteiger partial charge is 0.508 e. The molecule has 0 spiro atoms. The second-order valence-corrected chi connectivity index (χ2v) is 33.3. The molecular formula is C85H124N24O20. The Hall–Kier alpha value is -13.9. The van der Waals surface area contributed by atoms with Crippen molar-refractivity contribution < 1.29 is 96.8 Å². The van der Waals surface area contributed by atoms with E-state index in [-0.39, 0.29) is 95.4 Å². The summed E-state index contributed by atoms with van der Waals surface area (Å²) in [4.78, 5) is 261. The standard InChI is InChI=1S/C85H124N24O20/c1-12-46(9)69(107-77(121)58(31-50-23-25-54(111)26-24-50)101-79(123)67(44(5)6)105-71(115)55(21-17-27-92-85(87)88)97-75(119)61(36-66(113)114)96-48(11)110)82(126)103-62(34-53-39-91-42-95-53)83(127)109-28-18-22-64(109)78(122)100-57(30-49-19-15-14-16-20-49)72(116)99-59(32-51-37-89-40-93-51)73(117)98-56(29-43(3)4)76(120)106-68(45(7)8)80(124)108-70(47(10)13-2)81(125)102-60(33-52-38-90-41-94-52)74(118)104-63(84(128)129)35-65(86)112/h14-16,19-20,23-26,37-47,55-64,67-70,111H,12-13,17-18,21-22,27-36H2,1-11H3,(H2,86,112)(H,89,93)(H,90,94)(H,91,95)(H,96,110)(H,97,119)(H,98,117)(H,99,116)(H,100,122)(H,101,123)(H,102,125)(H,103,126)(H,104,118)(H,105,115)(H,106,120)(H,107,121)(H,108,124)(H,113,114)(H,128,129)(H4,87,88,92)/t46-,47-,55-,56-,57-,58-,59-,60-,61-,62-,63-,64-,67-,68-,69-,70-/m0/s1. The topological polar surface area (TPSA) is 684 Å². The zero-order valence-corrected chi connectivity index (χ0v) is 74.2. The zero-order valence-electron chi connectivity index (χ0n) is 74.2. The number of aliphatic carboxylic acids is 2. The van der Waals surface area contributed by atoms with Crippen LogP contribution in [0.1, 0.15) is 162 Å². The van der Waals surface area contributed by atoms with E-state index in [1.807, 2.05) is 0 Å². The predicted octanol–water partition coefficient (Wildman–Crippen LogP) is -2.46. The van der Waals surface area contributed by atoms with Crippen LogP contribution in [0.25, 0.3) is 0 Å². The maximum absolute atomic E-state index is 15.4. The summed E-state index contributed by atoms with van der Waals surface area (Å²) in [6.45, 7) is 17.8. The number of nitrogens with zero attached hydrogens (tertiary/aromatic N) is 4. The molecule has 1 fully saturated rings. The summed E-state index contributed by atoms with van der Waals surface area (Å²) in [6.07, 6.45) is 6.10. The van der Waals surface area contributed by atoms with E-state index in [0.717, 1.165) is 6.92 Å². The van der Waals surface area contributed by atoms with E-state index < -0.39 is 228 Å². The Kier molecular flexibility index (Phi) is 41.1. The van der Waals surface area contributed by atoms with Crippen LogP contribution in [-0.2, 0) is 114 Å². The smallest absolute Gasteiger partial charge is 0.326 e. The number of carboxylic acid groups (broad SMARTS) is 2. The molecule has 0 aliphatic carbocycles. The van der Waals surface area contributed by atoms with Gasteiger partial charge in [0, 0.05) is 87.8 Å². The Morgan fingerprint density at radius 3 is 1.31 bits per heavy atom. The van der Waals surface area contributed by atoms with Gasteiger partial charge < -0.3 is 121 Å². The van der Waals surface area contributed by atoms with Crippen LogP contribution in [0.3, 0.4) is 0 Å². The lowest BCUT2D eigenvalue weighted by atomic mass is 9.95. The van der Waals surface area contributed by atoms with Gasteiger partial charge in [0.2, 0.25) is 88.6 Å². The molecule has 129 heavy (non-hydrogen) atoms. The van der Waals surface area contributed by atoms with Gasteiger partial charge in [-0.1, -0.05) is 125 Å². The number of carbonyl (C=O) groups is 17. The van der Waals surface area contributed by atoms with Crippen molar-refractivity contribution in [3.63, 3.8) is 0 Å². The van der Waals surface area contributed by atoms with Gasteiger partial charge in [0.15, 0.2) is 5.96 Å². The molecule has 15 amide bonds. The number of likely N-dealkylation sites (tertiary alicyclic amines) is 1. The molecular weight excluding hydrogens is 1680 g/mol. The lowest BCUT2D eigenvalue weighted by Crippen LogP contribution is -2.62. The Morgan fingerprint density at radius 2 is 0.860 bits per heavy atom. The van der Waals surface area contributed by atoms with Crippen molar-refractivity contribution >= 4 is 107 Å². The number of carbonyl (C=O) groups excluding carboxylic acids is 15. The summed E-state index contributed by atoms with van der Waals surface area (Å²) in [5.41, 5.74) is 12.7. The number of phenols is 1. The molecule has 1 saturated heterocycles. The number of guanidine groups is 1. The minimum Gasteiger partial charge on any atom is -0.508 e. The van der Waals surface area contributed by atoms with Gasteiger partial charge in [-0.15, -0.1) is 0 Å². The van der Waals surface area contributed by atoms with Crippen LogP contribution in [-0.4, -0.2) is 254 Å². The second kappa shape index (κ2) is 51.1. The number of amides is 15. The van der Waals surface area contributed by atoms with Crippen molar-refractivity contribution in [3.8, 4) is 5.75 Å². The number of primary amides is 1. The van der Waals surface area contributed by atoms with Crippen LogP contribution in [0.4, 0.5) is 0 Å². The van der Waals surface area contributed by atoms with Gasteiger partial charge >= 0.3 is 11.9 Å². The third-order valence-electron chi connectivity index (χ3n) is 21.7. The third-order valence-corrected chi connectivity index (χ3v) is 21.7. The van der Waals surface area contributed by atoms with Crippen molar-refractivity contribution in [2.75, 3.05) is 13.1 Å². The van der Waals surface area contributed by atoms with Crippen molar-refractivity contribution in [2.45, 2.75) is 251 Å². The molecule has 44 heteroatoms. The highest BCUT2D eigenvalue weighted by Gasteiger charge is 2.44. The number of aromatic nitrogens is 6. The van der Waals surface area contributed by atoms with Gasteiger partial charge in [0.1, 0.15) is 90.3 Å². The number of nitrogens with one attached hydrogen (secondary N) is 18. The molecule has 5 aromatic rings. The molecule has 0 radical (unpaired) electrons. The van der Waals surface area contributed by atoms with E-state index in [4.69, 9.17) is 16.9 Å². The quantitative estimate of drug-likeness (QED) is 0.0109. The number of aromatic amines is 3. The molecule has 25 N–H and O–H groups in total. The Bertz CT molecular complexity index is 4610. The van der Waals surface area contributed by atoms with Crippen molar-refractivity contribution in [3.05, 3.63) is 120 Å². The van der Waals surface area contributed by atoms with Gasteiger partial charge in [-0.2, -0.15) is 0 Å². The number of H-pyrrole nitrogens is 3. The number of imidazole rings is 3. The number of aromatic hydroxyl groups is 1. The molecule has 4 heterocycles. The molecule has 0 bridgehead atoms. The molecule has 0 saturated carbocycles. The van der Waals surface area contributed by atoms with Gasteiger partial charge in [0.25, 0.3) is 0 Å². The fourth-order valence-corrected chi connectivity index (χ4v) is 14.3. The molecule has 44 nitrogen and oxygen atoms in total. The molecule has 6 rings (SSSR count). The lowest BCUT2D eigenvalue weighted by molar-refractivity contribution is -0.144. The maximum Gasteiger partial charge on any atom is 0.326 e. The normalized spacial score (nSPS) is 15.9. The summed E-state index contributed by atoms with van der Waals surface area (Å²) in [7, 11) is 0. The lowest BCUT2D eigenvalue weighted by Gasteiger charge is -2.32. The summed E-state index contributed by atoms with van der Waals surface area (Å²) < 4.78 is 0. The number of carboxylic acids is 2. The first-order valence-corrected chi connectivity index (χ1v) is 42.8. The summed E-state index contributed by atoms with van der Waals surface area (Å²) >= 11 is 0. The van der Waals surface area contributed by atoms with E-state index in [1.165, 1.54) is 66.7 Å². The number of hydrogen-bond donors (Lipinski definition) is 23. The molecule has 1 aliphatic heterocycles. The van der Waals surface area contributed by atoms with E-state index in [1.54, 1.807) is 99.6 Å². The Morgan fingerprint density at radius 1 is 0.465 bits per heavy atom. The van der Waals surface area contributed by atoms with Crippen molar-refractivity contribution in [2.24, 2.45) is 41.1 Å². The molecule has 0 unspecified atom stereocenters.